The minimum Gasteiger partial charge on any atom is -0.480 e. The normalized spacial score (nSPS) is 25.2. The van der Waals surface area contributed by atoms with Crippen molar-refractivity contribution in [3.63, 3.8) is 0 Å². The van der Waals surface area contributed by atoms with Gasteiger partial charge in [0.15, 0.2) is 0 Å². The molecule has 0 radical (unpaired) electrons. The summed E-state index contributed by atoms with van der Waals surface area (Å²) >= 11 is 11.2. The van der Waals surface area contributed by atoms with Crippen LogP contribution in [0.15, 0.2) is 39.3 Å². The van der Waals surface area contributed by atoms with Crippen molar-refractivity contribution >= 4 is 70.6 Å². The fraction of sp³-hybridized carbons (Fsp3) is 0.333. The minimum absolute atomic E-state index is 0.664. The van der Waals surface area contributed by atoms with E-state index in [0.717, 1.165) is 10.2 Å². The second-order valence-electron chi connectivity index (χ2n) is 3.92. The summed E-state index contributed by atoms with van der Waals surface area (Å²) in [6, 6.07) is 0. The Morgan fingerprint density at radius 2 is 1.20 bits per heavy atom. The molecule has 0 bridgehead atoms. The van der Waals surface area contributed by atoms with Gasteiger partial charge in [0.05, 0.1) is 16.9 Å². The Labute approximate surface area is 143 Å². The first-order valence-electron chi connectivity index (χ1n) is 6.01. The number of thioether (sulfide) groups is 6. The third-order valence-electron chi connectivity index (χ3n) is 2.56. The molecule has 0 saturated heterocycles. The molecule has 8 heteroatoms. The number of hydrogen-bond acceptors (Lipinski definition) is 8. The molecule has 4 heterocycles. The zero-order valence-corrected chi connectivity index (χ0v) is 15.1. The maximum Gasteiger partial charge on any atom is 0.208 e. The van der Waals surface area contributed by atoms with Gasteiger partial charge in [-0.1, -0.05) is 23.5 Å². The Kier molecular flexibility index (Phi) is 4.58. The van der Waals surface area contributed by atoms with Crippen LogP contribution < -0.4 is 0 Å². The van der Waals surface area contributed by atoms with E-state index in [1.807, 2.05) is 47.0 Å². The Morgan fingerprint density at radius 3 is 1.75 bits per heavy atom. The maximum atomic E-state index is 5.59. The summed E-state index contributed by atoms with van der Waals surface area (Å²) in [5.41, 5.74) is 0. The highest BCUT2D eigenvalue weighted by Gasteiger charge is 2.27. The topological polar surface area (TPSA) is 18.5 Å². The summed E-state index contributed by atoms with van der Waals surface area (Å²) in [6.45, 7) is 1.33. The van der Waals surface area contributed by atoms with Gasteiger partial charge in [-0.25, -0.2) is 0 Å². The van der Waals surface area contributed by atoms with E-state index in [-0.39, 0.29) is 0 Å². The van der Waals surface area contributed by atoms with Crippen LogP contribution in [0.25, 0.3) is 0 Å². The number of hydrogen-bond donors (Lipinski definition) is 0. The van der Waals surface area contributed by atoms with E-state index in [0.29, 0.717) is 13.2 Å². The van der Waals surface area contributed by atoms with E-state index < -0.39 is 0 Å². The minimum atomic E-state index is 0.664. The van der Waals surface area contributed by atoms with E-state index in [4.69, 9.17) is 9.47 Å². The van der Waals surface area contributed by atoms with Crippen LogP contribution in [-0.2, 0) is 9.47 Å². The highest BCUT2D eigenvalue weighted by molar-refractivity contribution is 8.41. The lowest BCUT2D eigenvalue weighted by molar-refractivity contribution is 0.0949. The summed E-state index contributed by atoms with van der Waals surface area (Å²) in [6.07, 6.45) is 4.41. The van der Waals surface area contributed by atoms with Crippen molar-refractivity contribution < 1.29 is 9.47 Å². The summed E-state index contributed by atoms with van der Waals surface area (Å²) in [4.78, 5) is 0. The summed E-state index contributed by atoms with van der Waals surface area (Å²) in [5.74, 6) is 2.48. The molecular weight excluding hydrogens is 369 g/mol. The van der Waals surface area contributed by atoms with Crippen molar-refractivity contribution in [2.75, 3.05) is 24.7 Å². The molecule has 0 aromatic rings. The monoisotopic (exact) mass is 378 g/mol. The molecule has 4 aliphatic rings. The van der Waals surface area contributed by atoms with Gasteiger partial charge in [0.2, 0.25) is 10.2 Å². The van der Waals surface area contributed by atoms with Gasteiger partial charge in [-0.2, -0.15) is 0 Å². The van der Waals surface area contributed by atoms with E-state index in [1.165, 1.54) is 28.5 Å². The first-order chi connectivity index (χ1) is 9.88. The van der Waals surface area contributed by atoms with Crippen molar-refractivity contribution in [1.82, 2.24) is 0 Å². The van der Waals surface area contributed by atoms with Crippen LogP contribution in [0.3, 0.4) is 0 Å². The summed E-state index contributed by atoms with van der Waals surface area (Å²) in [7, 11) is 0. The molecule has 0 fully saturated rings. The van der Waals surface area contributed by atoms with Gasteiger partial charge in [0.1, 0.15) is 13.2 Å². The van der Waals surface area contributed by atoms with Crippen LogP contribution in [-0.4, -0.2) is 24.7 Å². The molecule has 106 valence electrons. The SMILES string of the molecule is C(C=C1SC2=C(SCCS2)S1)=C1SC2=C(OCCO2)S1. The van der Waals surface area contributed by atoms with Crippen molar-refractivity contribution in [3.8, 4) is 0 Å². The molecular formula is C12H10O2S6. The van der Waals surface area contributed by atoms with E-state index in [1.54, 1.807) is 23.5 Å². The van der Waals surface area contributed by atoms with E-state index in [9.17, 15) is 0 Å². The Hall–Kier alpha value is 0.660. The van der Waals surface area contributed by atoms with Crippen LogP contribution in [0, 0.1) is 0 Å². The highest BCUT2D eigenvalue weighted by atomic mass is 32.3. The molecule has 4 rings (SSSR count). The molecule has 20 heavy (non-hydrogen) atoms. The first kappa shape index (κ1) is 14.3. The average Bonchev–Trinajstić information content (AvgIpc) is 3.07. The molecule has 0 aliphatic carbocycles. The van der Waals surface area contributed by atoms with Crippen molar-refractivity contribution in [2.45, 2.75) is 0 Å². The standard InChI is InChI=1S/C12H10O2S6/c1(7-17-9-10(18-7)14-4-3-13-9)2-8-19-11-12(20-8)16-6-5-15-11/h1-2H,3-6H2. The Balaban J connectivity index is 1.42. The Morgan fingerprint density at radius 1 is 0.700 bits per heavy atom. The largest absolute Gasteiger partial charge is 0.480 e. The third kappa shape index (κ3) is 3.05. The smallest absolute Gasteiger partial charge is 0.208 e. The zero-order chi connectivity index (χ0) is 13.4. The number of allylic oxidation sites excluding steroid dienone is 2. The van der Waals surface area contributed by atoms with Gasteiger partial charge in [-0.3, -0.25) is 0 Å². The fourth-order valence-corrected chi connectivity index (χ4v) is 9.59. The van der Waals surface area contributed by atoms with Crippen LogP contribution in [0.5, 0.6) is 0 Å². The fourth-order valence-electron chi connectivity index (χ4n) is 1.74. The van der Waals surface area contributed by atoms with Gasteiger partial charge in [-0.15, -0.1) is 23.5 Å². The van der Waals surface area contributed by atoms with Crippen molar-refractivity contribution in [3.05, 3.63) is 39.3 Å². The van der Waals surface area contributed by atoms with Gasteiger partial charge < -0.3 is 9.47 Å². The van der Waals surface area contributed by atoms with Gasteiger partial charge >= 0.3 is 0 Å². The second kappa shape index (κ2) is 6.42. The third-order valence-corrected chi connectivity index (χ3v) is 10.5. The highest BCUT2D eigenvalue weighted by Crippen LogP contribution is 2.59. The van der Waals surface area contributed by atoms with Crippen LogP contribution in [0.4, 0.5) is 0 Å². The molecule has 2 nitrogen and oxygen atoms in total. The molecule has 4 aliphatic heterocycles. The lowest BCUT2D eigenvalue weighted by Crippen LogP contribution is -2.08. The lowest BCUT2D eigenvalue weighted by atomic mass is 10.6. The van der Waals surface area contributed by atoms with Gasteiger partial charge in [0, 0.05) is 11.5 Å². The average molecular weight is 379 g/mol. The molecule has 0 saturated carbocycles. The summed E-state index contributed by atoms with van der Waals surface area (Å²) in [5, 5.41) is 1.86. The van der Waals surface area contributed by atoms with Gasteiger partial charge in [-0.05, 0) is 35.7 Å². The first-order valence-corrected chi connectivity index (χ1v) is 11.3. The zero-order valence-electron chi connectivity index (χ0n) is 10.2. The Bertz CT molecular complexity index is 472. The molecule has 0 amide bonds. The van der Waals surface area contributed by atoms with Crippen LogP contribution in [0.2, 0.25) is 0 Å². The van der Waals surface area contributed by atoms with E-state index in [2.05, 4.69) is 12.2 Å². The number of ether oxygens (including phenoxy) is 2. The molecule has 0 atom stereocenters. The predicted molar refractivity (Wildman–Crippen MR) is 97.4 cm³/mol. The second-order valence-corrected chi connectivity index (χ2v) is 11.3. The molecule has 0 unspecified atom stereocenters. The molecule has 0 N–H and O–H groups in total. The van der Waals surface area contributed by atoms with Crippen molar-refractivity contribution in [2.24, 2.45) is 0 Å². The molecule has 0 spiro atoms. The molecule has 0 aromatic carbocycles. The molecule has 0 aromatic heterocycles. The maximum absolute atomic E-state index is 5.59. The number of rotatable bonds is 1. The van der Waals surface area contributed by atoms with Gasteiger partial charge in [0.25, 0.3) is 0 Å². The predicted octanol–water partition coefficient (Wildman–Crippen LogP) is 5.41. The quantitative estimate of drug-likeness (QED) is 0.595. The van der Waals surface area contributed by atoms with Crippen LogP contribution in [0.1, 0.15) is 0 Å². The van der Waals surface area contributed by atoms with Crippen LogP contribution >= 0.6 is 70.6 Å². The lowest BCUT2D eigenvalue weighted by Gasteiger charge is -2.13. The van der Waals surface area contributed by atoms with E-state index >= 15 is 0 Å². The summed E-state index contributed by atoms with van der Waals surface area (Å²) < 4.78 is 16.8. The van der Waals surface area contributed by atoms with Crippen molar-refractivity contribution in [1.29, 1.82) is 0 Å².